The van der Waals surface area contributed by atoms with Crippen LogP contribution in [0.25, 0.3) is 0 Å². The van der Waals surface area contributed by atoms with E-state index in [1.165, 1.54) is 0 Å². The molecule has 0 radical (unpaired) electrons. The molecule has 6 heteroatoms. The van der Waals surface area contributed by atoms with Crippen molar-refractivity contribution in [1.29, 1.82) is 0 Å². The molecule has 1 aromatic carbocycles. The first-order chi connectivity index (χ1) is 8.51. The van der Waals surface area contributed by atoms with Gasteiger partial charge in [0.2, 0.25) is 0 Å². The molecule has 0 heterocycles. The summed E-state index contributed by atoms with van der Waals surface area (Å²) in [5, 5.41) is 3.09. The van der Waals surface area contributed by atoms with Crippen LogP contribution in [0.5, 0.6) is 0 Å². The largest absolute Gasteiger partial charge is 0.389 e. The predicted octanol–water partition coefficient (Wildman–Crippen LogP) is 3.06. The Morgan fingerprint density at radius 3 is 2.78 bits per heavy atom. The number of hydrogen-bond donors (Lipinski definition) is 2. The monoisotopic (exact) mass is 334 g/mol. The first kappa shape index (κ1) is 15.3. The summed E-state index contributed by atoms with van der Waals surface area (Å²) in [4.78, 5) is 0.163. The third-order valence-corrected chi connectivity index (χ3v) is 3.56. The summed E-state index contributed by atoms with van der Waals surface area (Å²) in [6, 6.07) is 3.39. The zero-order valence-corrected chi connectivity index (χ0v) is 12.7. The number of nitrogens with one attached hydrogen (secondary N) is 1. The summed E-state index contributed by atoms with van der Waals surface area (Å²) in [7, 11) is 1.62. The van der Waals surface area contributed by atoms with Crippen molar-refractivity contribution in [2.75, 3.05) is 19.0 Å². The number of thiocarbonyl (C=S) groups is 1. The summed E-state index contributed by atoms with van der Waals surface area (Å²) >= 11 is 8.01. The van der Waals surface area contributed by atoms with Crippen molar-refractivity contribution in [2.24, 2.45) is 5.73 Å². The maximum absolute atomic E-state index is 14.1. The molecule has 0 fully saturated rings. The van der Waals surface area contributed by atoms with Crippen LogP contribution in [0.1, 0.15) is 18.9 Å². The van der Waals surface area contributed by atoms with Gasteiger partial charge >= 0.3 is 0 Å². The van der Waals surface area contributed by atoms with Gasteiger partial charge in [0, 0.05) is 18.7 Å². The molecular formula is C12H16BrFN2OS. The molecule has 0 aromatic heterocycles. The van der Waals surface area contributed by atoms with Crippen LogP contribution in [-0.2, 0) is 4.74 Å². The van der Waals surface area contributed by atoms with Crippen LogP contribution in [-0.4, -0.2) is 24.7 Å². The molecule has 0 spiro atoms. The molecule has 1 rings (SSSR count). The third-order valence-electron chi connectivity index (χ3n) is 2.57. The summed E-state index contributed by atoms with van der Waals surface area (Å²) in [6.07, 6.45) is 0.835. The normalized spacial score (nSPS) is 12.2. The van der Waals surface area contributed by atoms with Gasteiger partial charge in [-0.25, -0.2) is 4.39 Å². The first-order valence-corrected chi connectivity index (χ1v) is 6.74. The molecule has 1 aromatic rings. The highest BCUT2D eigenvalue weighted by molar-refractivity contribution is 9.10. The van der Waals surface area contributed by atoms with E-state index in [4.69, 9.17) is 22.7 Å². The topological polar surface area (TPSA) is 47.3 Å². The van der Waals surface area contributed by atoms with Gasteiger partial charge in [0.25, 0.3) is 0 Å². The summed E-state index contributed by atoms with van der Waals surface area (Å²) in [5.74, 6) is -0.394. The number of halogens is 2. The van der Waals surface area contributed by atoms with Gasteiger partial charge in [-0.05, 0) is 34.5 Å². The highest BCUT2D eigenvalue weighted by atomic mass is 79.9. The van der Waals surface area contributed by atoms with Crippen LogP contribution in [0.4, 0.5) is 10.1 Å². The Morgan fingerprint density at radius 2 is 2.28 bits per heavy atom. The quantitative estimate of drug-likeness (QED) is 0.785. The van der Waals surface area contributed by atoms with Gasteiger partial charge in [-0.3, -0.25) is 0 Å². The zero-order chi connectivity index (χ0) is 13.7. The number of nitrogens with two attached hydrogens (primary N) is 1. The lowest BCUT2D eigenvalue weighted by atomic mass is 10.1. The Morgan fingerprint density at radius 1 is 1.61 bits per heavy atom. The summed E-state index contributed by atoms with van der Waals surface area (Å²) < 4.78 is 19.4. The van der Waals surface area contributed by atoms with Crippen LogP contribution < -0.4 is 11.1 Å². The number of methoxy groups -OCH3 is 1. The van der Waals surface area contributed by atoms with E-state index in [-0.39, 0.29) is 15.5 Å². The molecule has 0 amide bonds. The lowest BCUT2D eigenvalue weighted by Crippen LogP contribution is -2.24. The second kappa shape index (κ2) is 7.01. The molecule has 1 atom stereocenters. The number of ether oxygens (including phenoxy) is 1. The maximum atomic E-state index is 14.1. The lowest BCUT2D eigenvalue weighted by molar-refractivity contribution is 0.184. The van der Waals surface area contributed by atoms with Gasteiger partial charge in [-0.2, -0.15) is 0 Å². The Kier molecular flexibility index (Phi) is 5.98. The molecule has 0 saturated carbocycles. The second-order valence-corrected chi connectivity index (χ2v) is 5.09. The second-order valence-electron chi connectivity index (χ2n) is 3.86. The van der Waals surface area contributed by atoms with Crippen molar-refractivity contribution in [3.05, 3.63) is 28.0 Å². The van der Waals surface area contributed by atoms with E-state index < -0.39 is 5.82 Å². The Labute approximate surface area is 120 Å². The lowest BCUT2D eigenvalue weighted by Gasteiger charge is -2.18. The van der Waals surface area contributed by atoms with E-state index in [1.54, 1.807) is 19.2 Å². The number of rotatable bonds is 6. The van der Waals surface area contributed by atoms with E-state index in [2.05, 4.69) is 21.2 Å². The molecule has 0 bridgehead atoms. The molecule has 0 saturated heterocycles. The fourth-order valence-electron chi connectivity index (χ4n) is 1.53. The SMILES string of the molecule is CCC(COC)Nc1ccc(C(N)=S)c(Br)c1F. The van der Waals surface area contributed by atoms with E-state index >= 15 is 0 Å². The molecule has 3 nitrogen and oxygen atoms in total. The first-order valence-electron chi connectivity index (χ1n) is 5.54. The average Bonchev–Trinajstić information content (AvgIpc) is 2.33. The third kappa shape index (κ3) is 3.63. The van der Waals surface area contributed by atoms with Gasteiger partial charge < -0.3 is 15.8 Å². The standard InChI is InChI=1S/C12H16BrFN2OS/c1-3-7(6-17-2)16-9-5-4-8(12(15)18)10(13)11(9)14/h4-5,7,16H,3,6H2,1-2H3,(H2,15,18). The van der Waals surface area contributed by atoms with Crippen molar-refractivity contribution in [1.82, 2.24) is 0 Å². The minimum atomic E-state index is -0.394. The highest BCUT2D eigenvalue weighted by Gasteiger charge is 2.15. The molecule has 0 aliphatic heterocycles. The minimum absolute atomic E-state index is 0.0621. The van der Waals surface area contributed by atoms with E-state index in [0.717, 1.165) is 6.42 Å². The number of hydrogen-bond acceptors (Lipinski definition) is 3. The Hall–Kier alpha value is -0.720. The Bertz CT molecular complexity index is 442. The minimum Gasteiger partial charge on any atom is -0.389 e. The zero-order valence-electron chi connectivity index (χ0n) is 10.3. The summed E-state index contributed by atoms with van der Waals surface area (Å²) in [5.41, 5.74) is 6.40. The van der Waals surface area contributed by atoms with Gasteiger partial charge in [-0.1, -0.05) is 19.1 Å². The molecule has 18 heavy (non-hydrogen) atoms. The van der Waals surface area contributed by atoms with E-state index in [0.29, 0.717) is 17.9 Å². The summed E-state index contributed by atoms with van der Waals surface area (Å²) in [6.45, 7) is 2.53. The van der Waals surface area contributed by atoms with Gasteiger partial charge in [0.15, 0.2) is 5.82 Å². The highest BCUT2D eigenvalue weighted by Crippen LogP contribution is 2.27. The predicted molar refractivity (Wildman–Crippen MR) is 79.6 cm³/mol. The van der Waals surface area contributed by atoms with Crippen molar-refractivity contribution >= 4 is 38.8 Å². The fourth-order valence-corrected chi connectivity index (χ4v) is 2.39. The van der Waals surface area contributed by atoms with Gasteiger partial charge in [-0.15, -0.1) is 0 Å². The van der Waals surface area contributed by atoms with Gasteiger partial charge in [0.05, 0.1) is 16.8 Å². The van der Waals surface area contributed by atoms with Crippen LogP contribution in [0, 0.1) is 5.82 Å². The number of benzene rings is 1. The van der Waals surface area contributed by atoms with Crippen LogP contribution in [0.15, 0.2) is 16.6 Å². The van der Waals surface area contributed by atoms with Crippen molar-refractivity contribution in [3.8, 4) is 0 Å². The number of anilines is 1. The van der Waals surface area contributed by atoms with Crippen LogP contribution >= 0.6 is 28.1 Å². The van der Waals surface area contributed by atoms with Crippen molar-refractivity contribution < 1.29 is 9.13 Å². The van der Waals surface area contributed by atoms with Crippen molar-refractivity contribution in [3.63, 3.8) is 0 Å². The molecule has 0 aliphatic rings. The smallest absolute Gasteiger partial charge is 0.161 e. The van der Waals surface area contributed by atoms with Gasteiger partial charge in [0.1, 0.15) is 4.99 Å². The maximum Gasteiger partial charge on any atom is 0.161 e. The van der Waals surface area contributed by atoms with E-state index in [1.807, 2.05) is 6.92 Å². The van der Waals surface area contributed by atoms with E-state index in [9.17, 15) is 4.39 Å². The molecular weight excluding hydrogens is 319 g/mol. The molecule has 100 valence electrons. The molecule has 0 aliphatic carbocycles. The average molecular weight is 335 g/mol. The van der Waals surface area contributed by atoms with Crippen molar-refractivity contribution in [2.45, 2.75) is 19.4 Å². The fraction of sp³-hybridized carbons (Fsp3) is 0.417. The molecule has 3 N–H and O–H groups in total. The molecule has 1 unspecified atom stereocenters. The Balaban J connectivity index is 2.98. The van der Waals surface area contributed by atoms with Crippen LogP contribution in [0.3, 0.4) is 0 Å². The van der Waals surface area contributed by atoms with Crippen LogP contribution in [0.2, 0.25) is 0 Å².